The number of para-hydroxylation sites is 1. The van der Waals surface area contributed by atoms with Crippen molar-refractivity contribution in [3.8, 4) is 5.75 Å². The van der Waals surface area contributed by atoms with Crippen LogP contribution in [0.3, 0.4) is 0 Å². The van der Waals surface area contributed by atoms with E-state index in [9.17, 15) is 14.4 Å². The van der Waals surface area contributed by atoms with Gasteiger partial charge in [-0.2, -0.15) is 0 Å². The second-order valence-corrected chi connectivity index (χ2v) is 6.12. The van der Waals surface area contributed by atoms with E-state index in [1.54, 1.807) is 31.2 Å². The van der Waals surface area contributed by atoms with Crippen LogP contribution in [0.4, 0.5) is 5.69 Å². The summed E-state index contributed by atoms with van der Waals surface area (Å²) in [6.45, 7) is 1.78. The van der Waals surface area contributed by atoms with Crippen LogP contribution in [0.25, 0.3) is 0 Å². The minimum absolute atomic E-state index is 0.0979. The Hall–Kier alpha value is -3.06. The van der Waals surface area contributed by atoms with Crippen LogP contribution in [-0.2, 0) is 14.3 Å². The van der Waals surface area contributed by atoms with Crippen molar-refractivity contribution >= 4 is 35.1 Å². The van der Waals surface area contributed by atoms with E-state index in [4.69, 9.17) is 16.3 Å². The van der Waals surface area contributed by atoms with Crippen LogP contribution in [0.15, 0.2) is 42.5 Å². The molecule has 0 aliphatic heterocycles. The van der Waals surface area contributed by atoms with Gasteiger partial charge in [-0.05, 0) is 36.8 Å². The summed E-state index contributed by atoms with van der Waals surface area (Å²) in [6, 6.07) is 10.9. The summed E-state index contributed by atoms with van der Waals surface area (Å²) in [4.78, 5) is 36.4. The molecule has 28 heavy (non-hydrogen) atoms. The van der Waals surface area contributed by atoms with E-state index < -0.39 is 23.9 Å². The highest BCUT2D eigenvalue weighted by molar-refractivity contribution is 6.32. The number of benzene rings is 2. The Labute approximate surface area is 167 Å². The predicted molar refractivity (Wildman–Crippen MR) is 104 cm³/mol. The largest absolute Gasteiger partial charge is 0.479 e. The van der Waals surface area contributed by atoms with E-state index in [1.165, 1.54) is 32.4 Å². The summed E-state index contributed by atoms with van der Waals surface area (Å²) in [5.74, 6) is -1.38. The summed E-state index contributed by atoms with van der Waals surface area (Å²) < 4.78 is 15.1. The smallest absolute Gasteiger partial charge is 0.337 e. The van der Waals surface area contributed by atoms with Crippen LogP contribution in [0.5, 0.6) is 5.75 Å². The Morgan fingerprint density at radius 3 is 2.07 bits per heavy atom. The predicted octanol–water partition coefficient (Wildman–Crippen LogP) is 3.71. The fourth-order valence-corrected chi connectivity index (χ4v) is 2.59. The van der Waals surface area contributed by atoms with Gasteiger partial charge in [-0.3, -0.25) is 4.79 Å². The average Bonchev–Trinajstić information content (AvgIpc) is 2.71. The molecule has 0 unspecified atom stereocenters. The highest BCUT2D eigenvalue weighted by atomic mass is 35.5. The van der Waals surface area contributed by atoms with Gasteiger partial charge in [-0.1, -0.05) is 30.7 Å². The number of esters is 2. The van der Waals surface area contributed by atoms with Crippen molar-refractivity contribution in [1.29, 1.82) is 0 Å². The number of carbonyl (C=O) groups is 3. The van der Waals surface area contributed by atoms with Crippen molar-refractivity contribution in [2.45, 2.75) is 19.4 Å². The number of methoxy groups -OCH3 is 2. The number of ether oxygens (including phenoxy) is 3. The average molecular weight is 406 g/mol. The molecule has 1 atom stereocenters. The van der Waals surface area contributed by atoms with E-state index in [-0.39, 0.29) is 16.8 Å². The molecule has 1 N–H and O–H groups in total. The maximum atomic E-state index is 12.6. The first-order valence-electron chi connectivity index (χ1n) is 8.43. The number of nitrogens with one attached hydrogen (secondary N) is 1. The summed E-state index contributed by atoms with van der Waals surface area (Å²) in [6.07, 6.45) is -0.458. The summed E-state index contributed by atoms with van der Waals surface area (Å²) in [5, 5.41) is 3.03. The minimum Gasteiger partial charge on any atom is -0.479 e. The lowest BCUT2D eigenvalue weighted by Crippen LogP contribution is -2.32. The zero-order valence-corrected chi connectivity index (χ0v) is 16.4. The highest BCUT2D eigenvalue weighted by Gasteiger charge is 2.21. The maximum absolute atomic E-state index is 12.6. The van der Waals surface area contributed by atoms with Gasteiger partial charge in [0.2, 0.25) is 0 Å². The van der Waals surface area contributed by atoms with Crippen molar-refractivity contribution in [1.82, 2.24) is 0 Å². The molecule has 7 nitrogen and oxygen atoms in total. The Kier molecular flexibility index (Phi) is 7.40. The van der Waals surface area contributed by atoms with Gasteiger partial charge < -0.3 is 19.5 Å². The van der Waals surface area contributed by atoms with Gasteiger partial charge in [0.05, 0.1) is 30.4 Å². The van der Waals surface area contributed by atoms with Crippen molar-refractivity contribution in [2.75, 3.05) is 19.5 Å². The number of anilines is 1. The van der Waals surface area contributed by atoms with E-state index in [0.717, 1.165) is 0 Å². The van der Waals surface area contributed by atoms with Gasteiger partial charge in [-0.15, -0.1) is 0 Å². The molecule has 0 fully saturated rings. The molecule has 8 heteroatoms. The first-order chi connectivity index (χ1) is 13.4. The van der Waals surface area contributed by atoms with Crippen LogP contribution in [-0.4, -0.2) is 38.2 Å². The van der Waals surface area contributed by atoms with Gasteiger partial charge in [0.15, 0.2) is 6.10 Å². The van der Waals surface area contributed by atoms with Crippen molar-refractivity contribution < 1.29 is 28.6 Å². The SMILES string of the molecule is CC[C@H](Oc1ccccc1Cl)C(=O)Nc1cc(C(=O)OC)cc(C(=O)OC)c1. The van der Waals surface area contributed by atoms with Crippen molar-refractivity contribution in [3.63, 3.8) is 0 Å². The molecule has 2 aromatic rings. The lowest BCUT2D eigenvalue weighted by Gasteiger charge is -2.18. The third-order valence-corrected chi connectivity index (χ3v) is 4.12. The molecule has 0 heterocycles. The maximum Gasteiger partial charge on any atom is 0.337 e. The molecular formula is C20H20ClNO6. The standard InChI is InChI=1S/C20H20ClNO6/c1-4-16(28-17-8-6-5-7-15(17)21)18(23)22-14-10-12(19(24)26-2)9-13(11-14)20(25)27-3/h5-11,16H,4H2,1-3H3,(H,22,23)/t16-/m0/s1. The minimum atomic E-state index is -0.830. The molecule has 1 amide bonds. The summed E-state index contributed by atoms with van der Waals surface area (Å²) in [5.41, 5.74) is 0.427. The molecule has 0 saturated carbocycles. The number of hydrogen-bond acceptors (Lipinski definition) is 6. The summed E-state index contributed by atoms with van der Waals surface area (Å²) >= 11 is 6.07. The zero-order valence-electron chi connectivity index (χ0n) is 15.7. The molecule has 0 aliphatic rings. The van der Waals surface area contributed by atoms with Gasteiger partial charge in [0, 0.05) is 5.69 Å². The van der Waals surface area contributed by atoms with Gasteiger partial charge >= 0.3 is 11.9 Å². The van der Waals surface area contributed by atoms with Crippen molar-refractivity contribution in [2.24, 2.45) is 0 Å². The third kappa shape index (κ3) is 5.23. The first kappa shape index (κ1) is 21.2. The second-order valence-electron chi connectivity index (χ2n) is 5.72. The van der Waals surface area contributed by atoms with Gasteiger partial charge in [0.1, 0.15) is 5.75 Å². The molecule has 148 valence electrons. The Morgan fingerprint density at radius 2 is 1.57 bits per heavy atom. The van der Waals surface area contributed by atoms with Crippen LogP contribution >= 0.6 is 11.6 Å². The lowest BCUT2D eigenvalue weighted by atomic mass is 10.1. The van der Waals surface area contributed by atoms with Crippen LogP contribution in [0, 0.1) is 0 Å². The van der Waals surface area contributed by atoms with Crippen LogP contribution in [0.2, 0.25) is 5.02 Å². The molecule has 0 spiro atoms. The quantitative estimate of drug-likeness (QED) is 0.706. The van der Waals surface area contributed by atoms with Crippen LogP contribution in [0.1, 0.15) is 34.1 Å². The number of carbonyl (C=O) groups excluding carboxylic acids is 3. The van der Waals surface area contributed by atoms with E-state index in [2.05, 4.69) is 14.8 Å². The molecule has 0 aromatic heterocycles. The molecular weight excluding hydrogens is 386 g/mol. The van der Waals surface area contributed by atoms with E-state index in [1.807, 2.05) is 0 Å². The molecule has 0 bridgehead atoms. The van der Waals surface area contributed by atoms with Gasteiger partial charge in [0.25, 0.3) is 5.91 Å². The highest BCUT2D eigenvalue weighted by Crippen LogP contribution is 2.25. The number of halogens is 1. The number of amides is 1. The number of hydrogen-bond donors (Lipinski definition) is 1. The third-order valence-electron chi connectivity index (χ3n) is 3.81. The Bertz CT molecular complexity index is 848. The first-order valence-corrected chi connectivity index (χ1v) is 8.81. The molecule has 2 rings (SSSR count). The van der Waals surface area contributed by atoms with Gasteiger partial charge in [-0.25, -0.2) is 9.59 Å². The summed E-state index contributed by atoms with van der Waals surface area (Å²) in [7, 11) is 2.44. The Balaban J connectivity index is 2.26. The number of rotatable bonds is 7. The fraction of sp³-hybridized carbons (Fsp3) is 0.250. The van der Waals surface area contributed by atoms with E-state index in [0.29, 0.717) is 17.2 Å². The van der Waals surface area contributed by atoms with Crippen LogP contribution < -0.4 is 10.1 Å². The van der Waals surface area contributed by atoms with Crippen molar-refractivity contribution in [3.05, 3.63) is 58.6 Å². The van der Waals surface area contributed by atoms with E-state index >= 15 is 0 Å². The molecule has 0 saturated heterocycles. The second kappa shape index (κ2) is 9.75. The topological polar surface area (TPSA) is 90.9 Å². The monoisotopic (exact) mass is 405 g/mol. The molecule has 0 radical (unpaired) electrons. The zero-order chi connectivity index (χ0) is 20.7. The molecule has 2 aromatic carbocycles. The fourth-order valence-electron chi connectivity index (χ4n) is 2.41. The normalized spacial score (nSPS) is 11.3. The Morgan fingerprint density at radius 1 is 1.00 bits per heavy atom. The molecule has 0 aliphatic carbocycles. The lowest BCUT2D eigenvalue weighted by molar-refractivity contribution is -0.122.